The molecule has 1 amide bonds. The van der Waals surface area contributed by atoms with Crippen molar-refractivity contribution in [2.45, 2.75) is 25.9 Å². The van der Waals surface area contributed by atoms with Crippen molar-refractivity contribution in [2.24, 2.45) is 0 Å². The molecule has 2 aromatic heterocycles. The number of nitrogens with zero attached hydrogens (tertiary/aromatic N) is 3. The zero-order chi connectivity index (χ0) is 23.9. The monoisotopic (exact) mass is 484 g/mol. The summed E-state index contributed by atoms with van der Waals surface area (Å²) in [5.41, 5.74) is 3.98. The second-order valence-electron chi connectivity index (χ2n) is 8.45. The molecule has 1 N–H and O–H groups in total. The molecule has 1 aliphatic rings. The summed E-state index contributed by atoms with van der Waals surface area (Å²) in [5, 5.41) is 8.47. The topological polar surface area (TPSA) is 69.0 Å². The third-order valence-corrected chi connectivity index (χ3v) is 7.21. The number of halogens is 1. The Morgan fingerprint density at radius 1 is 1.09 bits per heavy atom. The minimum absolute atomic E-state index is 0.0966. The molecule has 0 fully saturated rings. The lowest BCUT2D eigenvalue weighted by atomic mass is 9.85. The van der Waals surface area contributed by atoms with Gasteiger partial charge in [-0.05, 0) is 31.2 Å². The highest BCUT2D eigenvalue weighted by molar-refractivity contribution is 7.20. The van der Waals surface area contributed by atoms with Crippen LogP contribution in [0.4, 0.5) is 10.2 Å². The van der Waals surface area contributed by atoms with E-state index in [2.05, 4.69) is 5.32 Å². The second kappa shape index (κ2) is 8.63. The van der Waals surface area contributed by atoms with E-state index in [0.717, 1.165) is 27.0 Å². The predicted molar refractivity (Wildman–Crippen MR) is 134 cm³/mol. The van der Waals surface area contributed by atoms with Crippen LogP contribution in [0.3, 0.4) is 0 Å². The minimum atomic E-state index is -0.308. The van der Waals surface area contributed by atoms with Gasteiger partial charge in [-0.1, -0.05) is 59.9 Å². The average Bonchev–Trinajstić information content (AvgIpc) is 3.44. The summed E-state index contributed by atoms with van der Waals surface area (Å²) in [6.45, 7) is 2.04. The molecule has 0 unspecified atom stereocenters. The van der Waals surface area contributed by atoms with E-state index >= 15 is 0 Å². The van der Waals surface area contributed by atoms with Gasteiger partial charge in [0.25, 0.3) is 0 Å². The number of aryl methyl sites for hydroxylation is 1. The average molecular weight is 485 g/mol. The molecule has 1 aliphatic heterocycles. The van der Waals surface area contributed by atoms with Crippen LogP contribution in [-0.2, 0) is 11.4 Å². The first-order chi connectivity index (χ1) is 17.1. The number of hydrogen-bond donors (Lipinski definition) is 1. The van der Waals surface area contributed by atoms with E-state index in [1.807, 2.05) is 55.5 Å². The molecule has 0 spiro atoms. The largest absolute Gasteiger partial charge is 0.488 e. The van der Waals surface area contributed by atoms with Crippen LogP contribution in [0.2, 0.25) is 0 Å². The molecule has 8 heteroatoms. The van der Waals surface area contributed by atoms with Crippen LogP contribution < -0.4 is 10.1 Å². The number of amides is 1. The fourth-order valence-electron chi connectivity index (χ4n) is 4.57. The van der Waals surface area contributed by atoms with Crippen LogP contribution in [0.5, 0.6) is 5.75 Å². The lowest BCUT2D eigenvalue weighted by Gasteiger charge is -2.25. The van der Waals surface area contributed by atoms with Gasteiger partial charge in [0.05, 0.1) is 15.9 Å². The molecule has 1 atom stereocenters. The number of benzene rings is 3. The number of rotatable bonds is 5. The van der Waals surface area contributed by atoms with Gasteiger partial charge >= 0.3 is 0 Å². The highest BCUT2D eigenvalue weighted by Crippen LogP contribution is 2.43. The quantitative estimate of drug-likeness (QED) is 0.333. The normalized spacial score (nSPS) is 15.1. The number of anilines is 1. The molecule has 35 heavy (non-hydrogen) atoms. The molecular weight excluding hydrogens is 463 g/mol. The van der Waals surface area contributed by atoms with Crippen LogP contribution in [0, 0.1) is 12.7 Å². The minimum Gasteiger partial charge on any atom is -0.488 e. The Kier molecular flexibility index (Phi) is 5.30. The first kappa shape index (κ1) is 21.5. The van der Waals surface area contributed by atoms with E-state index in [1.165, 1.54) is 17.4 Å². The van der Waals surface area contributed by atoms with Crippen LogP contribution in [0.15, 0.2) is 72.8 Å². The molecule has 0 aliphatic carbocycles. The lowest BCUT2D eigenvalue weighted by molar-refractivity contribution is -0.116. The van der Waals surface area contributed by atoms with Gasteiger partial charge in [-0.3, -0.25) is 4.79 Å². The van der Waals surface area contributed by atoms with Crippen molar-refractivity contribution in [3.63, 3.8) is 0 Å². The van der Waals surface area contributed by atoms with Gasteiger partial charge in [0.1, 0.15) is 24.0 Å². The summed E-state index contributed by atoms with van der Waals surface area (Å²) in [5.74, 6) is 0.588. The van der Waals surface area contributed by atoms with Crippen molar-refractivity contribution in [1.29, 1.82) is 0 Å². The number of carbonyl (C=O) groups excluding carboxylic acids is 1. The Hall–Kier alpha value is -4.04. The molecule has 6 rings (SSSR count). The first-order valence-corrected chi connectivity index (χ1v) is 12.1. The van der Waals surface area contributed by atoms with Gasteiger partial charge in [-0.25, -0.2) is 9.37 Å². The van der Waals surface area contributed by atoms with Crippen molar-refractivity contribution >= 4 is 33.3 Å². The van der Waals surface area contributed by atoms with Crippen molar-refractivity contribution < 1.29 is 13.9 Å². The molecule has 3 aromatic carbocycles. The van der Waals surface area contributed by atoms with E-state index in [1.54, 1.807) is 22.9 Å². The Morgan fingerprint density at radius 2 is 1.86 bits per heavy atom. The summed E-state index contributed by atoms with van der Waals surface area (Å²) in [4.78, 5) is 17.6. The molecule has 0 radical (unpaired) electrons. The number of hydrogen-bond acceptors (Lipinski definition) is 5. The third-order valence-electron chi connectivity index (χ3n) is 6.20. The number of ether oxygens (including phenoxy) is 1. The van der Waals surface area contributed by atoms with Gasteiger partial charge in [0.2, 0.25) is 11.0 Å². The molecule has 174 valence electrons. The molecule has 0 bridgehead atoms. The highest BCUT2D eigenvalue weighted by Gasteiger charge is 2.34. The fraction of sp³-hybridized carbons (Fsp3) is 0.148. The summed E-state index contributed by atoms with van der Waals surface area (Å²) >= 11 is 1.52. The van der Waals surface area contributed by atoms with Gasteiger partial charge in [-0.2, -0.15) is 9.78 Å². The van der Waals surface area contributed by atoms with E-state index in [-0.39, 0.29) is 30.7 Å². The Balaban J connectivity index is 1.40. The zero-order valence-corrected chi connectivity index (χ0v) is 19.7. The molecule has 3 heterocycles. The Morgan fingerprint density at radius 3 is 2.71 bits per heavy atom. The maximum absolute atomic E-state index is 14.1. The summed E-state index contributed by atoms with van der Waals surface area (Å²) < 4.78 is 23.0. The number of carbonyl (C=O) groups is 1. The summed E-state index contributed by atoms with van der Waals surface area (Å²) in [6, 6.07) is 22.1. The maximum Gasteiger partial charge on any atom is 0.226 e. The summed E-state index contributed by atoms with van der Waals surface area (Å²) in [7, 11) is 0. The lowest BCUT2D eigenvalue weighted by Crippen LogP contribution is -2.25. The standard InChI is InChI=1S/C27H21FN4O2S/c1-16-25-19(18-9-3-6-12-22(18)34-15-17-8-2-4-10-20(17)28)14-24(33)30-26(25)32(31-16)27-29-21-11-5-7-13-23(21)35-27/h2-13,19H,14-15H2,1H3,(H,30,33)/t19-/m1/s1. The Bertz CT molecular complexity index is 1540. The number of nitrogens with one attached hydrogen (secondary N) is 1. The number of para-hydroxylation sites is 2. The molecule has 6 nitrogen and oxygen atoms in total. The number of aromatic nitrogens is 3. The first-order valence-electron chi connectivity index (χ1n) is 11.3. The van der Waals surface area contributed by atoms with Gasteiger partial charge in [0.15, 0.2) is 0 Å². The van der Waals surface area contributed by atoms with Gasteiger partial charge in [0, 0.05) is 29.0 Å². The molecule has 0 saturated heterocycles. The summed E-state index contributed by atoms with van der Waals surface area (Å²) in [6.07, 6.45) is 0.263. The van der Waals surface area contributed by atoms with Gasteiger partial charge in [-0.15, -0.1) is 0 Å². The van der Waals surface area contributed by atoms with E-state index < -0.39 is 0 Å². The van der Waals surface area contributed by atoms with Crippen LogP contribution in [0.1, 0.15) is 34.7 Å². The van der Waals surface area contributed by atoms with Crippen molar-refractivity contribution in [3.8, 4) is 10.9 Å². The number of fused-ring (bicyclic) bond motifs is 2. The molecule has 5 aromatic rings. The second-order valence-corrected chi connectivity index (χ2v) is 9.46. The highest BCUT2D eigenvalue weighted by atomic mass is 32.1. The van der Waals surface area contributed by atoms with E-state index in [4.69, 9.17) is 14.8 Å². The molecular formula is C27H21FN4O2S. The predicted octanol–water partition coefficient (Wildman–Crippen LogP) is 5.98. The van der Waals surface area contributed by atoms with Crippen LogP contribution in [0.25, 0.3) is 15.3 Å². The van der Waals surface area contributed by atoms with Crippen LogP contribution in [-0.4, -0.2) is 20.7 Å². The van der Waals surface area contributed by atoms with E-state index in [9.17, 15) is 9.18 Å². The fourth-order valence-corrected chi connectivity index (χ4v) is 5.50. The number of thiazole rings is 1. The van der Waals surface area contributed by atoms with Crippen molar-refractivity contribution in [3.05, 3.63) is 101 Å². The van der Waals surface area contributed by atoms with Crippen molar-refractivity contribution in [1.82, 2.24) is 14.8 Å². The molecule has 0 saturated carbocycles. The maximum atomic E-state index is 14.1. The zero-order valence-electron chi connectivity index (χ0n) is 18.9. The van der Waals surface area contributed by atoms with Gasteiger partial charge < -0.3 is 10.1 Å². The van der Waals surface area contributed by atoms with Crippen molar-refractivity contribution in [2.75, 3.05) is 5.32 Å². The van der Waals surface area contributed by atoms with E-state index in [0.29, 0.717) is 22.3 Å². The van der Waals surface area contributed by atoms with Crippen LogP contribution >= 0.6 is 11.3 Å². The SMILES string of the molecule is Cc1nn(-c2nc3ccccc3s2)c2c1[C@@H](c1ccccc1OCc1ccccc1F)CC(=O)N2. The Labute approximate surface area is 205 Å². The smallest absolute Gasteiger partial charge is 0.226 e. The third kappa shape index (κ3) is 3.85.